The second-order valence-electron chi connectivity index (χ2n) is 5.44. The van der Waals surface area contributed by atoms with Gasteiger partial charge in [0.1, 0.15) is 0 Å². The van der Waals surface area contributed by atoms with Crippen LogP contribution < -0.4 is 0 Å². The summed E-state index contributed by atoms with van der Waals surface area (Å²) in [7, 11) is -8.81. The SMILES string of the molecule is O=S(=O)(c1ccccc1)N(C#Cc1ccccc1)S(=O)(=O)c1ccccc1. The van der Waals surface area contributed by atoms with Crippen molar-refractivity contribution in [2.24, 2.45) is 0 Å². The molecule has 0 heterocycles. The van der Waals surface area contributed by atoms with Crippen molar-refractivity contribution in [3.05, 3.63) is 96.6 Å². The Kier molecular flexibility index (Phi) is 5.31. The van der Waals surface area contributed by atoms with E-state index in [-0.39, 0.29) is 13.5 Å². The third kappa shape index (κ3) is 4.03. The van der Waals surface area contributed by atoms with Crippen molar-refractivity contribution in [1.29, 1.82) is 0 Å². The van der Waals surface area contributed by atoms with Crippen LogP contribution in [0.1, 0.15) is 5.56 Å². The Morgan fingerprint density at radius 3 is 1.33 bits per heavy atom. The summed E-state index contributed by atoms with van der Waals surface area (Å²) in [5, 5.41) is 0. The van der Waals surface area contributed by atoms with Gasteiger partial charge in [0, 0.05) is 11.6 Å². The minimum absolute atomic E-state index is 0.160. The first-order valence-corrected chi connectivity index (χ1v) is 10.8. The highest BCUT2D eigenvalue weighted by molar-refractivity contribution is 8.04. The Balaban J connectivity index is 2.18. The van der Waals surface area contributed by atoms with Gasteiger partial charge in [0.25, 0.3) is 20.0 Å². The van der Waals surface area contributed by atoms with E-state index in [1.54, 1.807) is 42.5 Å². The van der Waals surface area contributed by atoms with Crippen LogP contribution in [0.4, 0.5) is 0 Å². The largest absolute Gasteiger partial charge is 0.284 e. The van der Waals surface area contributed by atoms with Gasteiger partial charge in [0.15, 0.2) is 0 Å². The van der Waals surface area contributed by atoms with E-state index in [9.17, 15) is 16.8 Å². The van der Waals surface area contributed by atoms with Gasteiger partial charge in [-0.3, -0.25) is 0 Å². The molecule has 3 aromatic rings. The van der Waals surface area contributed by atoms with Crippen LogP contribution in [0, 0.1) is 12.0 Å². The van der Waals surface area contributed by atoms with Crippen molar-refractivity contribution in [3.8, 4) is 12.0 Å². The molecule has 0 aromatic heterocycles. The van der Waals surface area contributed by atoms with Gasteiger partial charge in [-0.25, -0.2) is 0 Å². The van der Waals surface area contributed by atoms with E-state index in [1.807, 2.05) is 0 Å². The fraction of sp³-hybridized carbons (Fsp3) is 0. The number of sulfonamides is 2. The van der Waals surface area contributed by atoms with Crippen LogP contribution in [-0.2, 0) is 20.0 Å². The number of hydrogen-bond donors (Lipinski definition) is 0. The quantitative estimate of drug-likeness (QED) is 0.501. The van der Waals surface area contributed by atoms with Crippen LogP contribution in [-0.4, -0.2) is 20.5 Å². The van der Waals surface area contributed by atoms with Gasteiger partial charge in [-0.2, -0.15) is 16.8 Å². The highest BCUT2D eigenvalue weighted by atomic mass is 32.3. The summed E-state index contributed by atoms with van der Waals surface area (Å²) < 4.78 is 52.3. The van der Waals surface area contributed by atoms with E-state index in [1.165, 1.54) is 48.5 Å². The summed E-state index contributed by atoms with van der Waals surface area (Å²) in [5.41, 5.74) is 0.494. The molecule has 0 fully saturated rings. The smallest absolute Gasteiger partial charge is 0.199 e. The first-order valence-electron chi connectivity index (χ1n) is 7.90. The van der Waals surface area contributed by atoms with Crippen LogP contribution in [0.2, 0.25) is 0 Å². The summed E-state index contributed by atoms with van der Waals surface area (Å²) in [6, 6.07) is 25.6. The molecule has 0 unspecified atom stereocenters. The molecule has 0 atom stereocenters. The molecule has 0 aliphatic rings. The first-order chi connectivity index (χ1) is 12.9. The standard InChI is InChI=1S/C20H15NO4S2/c22-26(23,19-12-6-2-7-13-19)21(17-16-18-10-4-1-5-11-18)27(24,25)20-14-8-3-9-15-20/h1-15H. The Hall–Kier alpha value is -3.08. The van der Waals surface area contributed by atoms with Crippen LogP contribution in [0.5, 0.6) is 0 Å². The minimum Gasteiger partial charge on any atom is -0.199 e. The summed E-state index contributed by atoms with van der Waals surface area (Å²) in [6.07, 6.45) is 0. The number of benzene rings is 3. The van der Waals surface area contributed by atoms with Crippen LogP contribution in [0.25, 0.3) is 0 Å². The molecule has 27 heavy (non-hydrogen) atoms. The lowest BCUT2D eigenvalue weighted by atomic mass is 10.2. The lowest BCUT2D eigenvalue weighted by molar-refractivity contribution is 0.542. The third-order valence-electron chi connectivity index (χ3n) is 3.58. The van der Waals surface area contributed by atoms with Crippen molar-refractivity contribution in [1.82, 2.24) is 3.71 Å². The number of rotatable bonds is 4. The summed E-state index contributed by atoms with van der Waals surface area (Å²) in [4.78, 5) is -0.321. The topological polar surface area (TPSA) is 71.5 Å². The summed E-state index contributed by atoms with van der Waals surface area (Å²) >= 11 is 0. The fourth-order valence-electron chi connectivity index (χ4n) is 2.26. The van der Waals surface area contributed by atoms with Crippen molar-refractivity contribution in [2.75, 3.05) is 0 Å². The highest BCUT2D eigenvalue weighted by Crippen LogP contribution is 2.23. The van der Waals surface area contributed by atoms with Crippen molar-refractivity contribution in [2.45, 2.75) is 9.79 Å². The highest BCUT2D eigenvalue weighted by Gasteiger charge is 2.34. The maximum absolute atomic E-state index is 13.0. The van der Waals surface area contributed by atoms with E-state index in [2.05, 4.69) is 12.0 Å². The third-order valence-corrected chi connectivity index (χ3v) is 7.55. The van der Waals surface area contributed by atoms with Gasteiger partial charge in [-0.1, -0.05) is 54.6 Å². The van der Waals surface area contributed by atoms with E-state index >= 15 is 0 Å². The van der Waals surface area contributed by atoms with Gasteiger partial charge in [0.05, 0.1) is 9.79 Å². The molecule has 136 valence electrons. The molecule has 0 amide bonds. The molecular formula is C20H15NO4S2. The maximum Gasteiger partial charge on any atom is 0.284 e. The van der Waals surface area contributed by atoms with Gasteiger partial charge in [-0.15, -0.1) is 3.71 Å². The molecule has 0 N–H and O–H groups in total. The van der Waals surface area contributed by atoms with Crippen molar-refractivity contribution >= 4 is 20.0 Å². The molecule has 0 saturated carbocycles. The van der Waals surface area contributed by atoms with E-state index in [0.717, 1.165) is 0 Å². The van der Waals surface area contributed by atoms with Gasteiger partial charge in [0.2, 0.25) is 0 Å². The second-order valence-corrected chi connectivity index (χ2v) is 9.24. The number of hydrogen-bond acceptors (Lipinski definition) is 4. The zero-order valence-corrected chi connectivity index (χ0v) is 15.7. The molecule has 0 aliphatic carbocycles. The van der Waals surface area contributed by atoms with E-state index in [0.29, 0.717) is 5.56 Å². The second kappa shape index (κ2) is 7.66. The molecule has 3 aromatic carbocycles. The van der Waals surface area contributed by atoms with Crippen LogP contribution in [0.15, 0.2) is 101 Å². The van der Waals surface area contributed by atoms with Gasteiger partial charge in [-0.05, 0) is 42.3 Å². The lowest BCUT2D eigenvalue weighted by Gasteiger charge is -2.18. The molecule has 7 heteroatoms. The monoisotopic (exact) mass is 397 g/mol. The van der Waals surface area contributed by atoms with Crippen molar-refractivity contribution in [3.63, 3.8) is 0 Å². The van der Waals surface area contributed by atoms with Gasteiger partial charge < -0.3 is 0 Å². The Labute approximate surface area is 159 Å². The van der Waals surface area contributed by atoms with Crippen LogP contribution in [0.3, 0.4) is 0 Å². The Morgan fingerprint density at radius 1 is 0.556 bits per heavy atom. The predicted octanol–water partition coefficient (Wildman–Crippen LogP) is 3.08. The zero-order valence-electron chi connectivity index (χ0n) is 14.1. The Morgan fingerprint density at radius 2 is 0.926 bits per heavy atom. The van der Waals surface area contributed by atoms with Crippen molar-refractivity contribution < 1.29 is 16.8 Å². The molecular weight excluding hydrogens is 382 g/mol. The predicted molar refractivity (Wildman–Crippen MR) is 102 cm³/mol. The maximum atomic E-state index is 13.0. The van der Waals surface area contributed by atoms with E-state index in [4.69, 9.17) is 0 Å². The molecule has 3 rings (SSSR count). The molecule has 0 aliphatic heterocycles. The zero-order chi connectivity index (χ0) is 19.3. The summed E-state index contributed by atoms with van der Waals surface area (Å²) in [5.74, 6) is 2.61. The fourth-order valence-corrected chi connectivity index (χ4v) is 5.52. The van der Waals surface area contributed by atoms with Gasteiger partial charge >= 0.3 is 0 Å². The number of nitrogens with zero attached hydrogens (tertiary/aromatic N) is 1. The molecule has 0 spiro atoms. The molecule has 0 saturated heterocycles. The average molecular weight is 397 g/mol. The molecule has 0 bridgehead atoms. The first kappa shape index (κ1) is 18.7. The average Bonchev–Trinajstić information content (AvgIpc) is 2.70. The molecule has 5 nitrogen and oxygen atoms in total. The Bertz CT molecular complexity index is 1110. The molecule has 0 radical (unpaired) electrons. The van der Waals surface area contributed by atoms with Crippen LogP contribution >= 0.6 is 0 Å². The minimum atomic E-state index is -4.41. The normalized spacial score (nSPS) is 11.3. The summed E-state index contributed by atoms with van der Waals surface area (Å²) in [6.45, 7) is 0. The lowest BCUT2D eigenvalue weighted by Crippen LogP contribution is -2.33. The van der Waals surface area contributed by atoms with E-state index < -0.39 is 20.0 Å².